The molecule has 0 bridgehead atoms. The SMILES string of the molecule is CN=C(NCc1cccc(COC)c1)NC1CCN(Cc2ccccc2)CC1. The van der Waals surface area contributed by atoms with E-state index in [2.05, 4.69) is 75.1 Å². The molecule has 5 nitrogen and oxygen atoms in total. The van der Waals surface area contributed by atoms with Gasteiger partial charge in [-0.05, 0) is 29.5 Å². The third-order valence-corrected chi connectivity index (χ3v) is 5.16. The number of ether oxygens (including phenoxy) is 1. The largest absolute Gasteiger partial charge is 0.380 e. The predicted octanol–water partition coefficient (Wildman–Crippen LogP) is 3.16. The van der Waals surface area contributed by atoms with Crippen molar-refractivity contribution in [1.29, 1.82) is 0 Å². The first kappa shape index (κ1) is 20.4. The Morgan fingerprint density at radius 2 is 1.75 bits per heavy atom. The topological polar surface area (TPSA) is 48.9 Å². The van der Waals surface area contributed by atoms with Crippen molar-refractivity contribution in [2.24, 2.45) is 4.99 Å². The molecule has 1 aliphatic heterocycles. The summed E-state index contributed by atoms with van der Waals surface area (Å²) in [5.41, 5.74) is 3.81. The van der Waals surface area contributed by atoms with Crippen molar-refractivity contribution in [2.45, 2.75) is 38.6 Å². The van der Waals surface area contributed by atoms with E-state index < -0.39 is 0 Å². The van der Waals surface area contributed by atoms with Crippen LogP contribution in [0, 0.1) is 0 Å². The standard InChI is InChI=1S/C23H32N4O/c1-24-23(25-16-20-9-6-10-21(15-20)18-28-2)26-22-11-13-27(14-12-22)17-19-7-4-3-5-8-19/h3-10,15,22H,11-14,16-18H2,1-2H3,(H2,24,25,26). The fraction of sp³-hybridized carbons (Fsp3) is 0.435. The van der Waals surface area contributed by atoms with Crippen molar-refractivity contribution in [2.75, 3.05) is 27.2 Å². The highest BCUT2D eigenvalue weighted by molar-refractivity contribution is 5.79. The van der Waals surface area contributed by atoms with Crippen molar-refractivity contribution in [3.8, 4) is 0 Å². The average molecular weight is 381 g/mol. The van der Waals surface area contributed by atoms with E-state index in [0.29, 0.717) is 12.6 Å². The van der Waals surface area contributed by atoms with Crippen molar-refractivity contribution in [3.05, 3.63) is 71.3 Å². The fourth-order valence-electron chi connectivity index (χ4n) is 3.65. The Morgan fingerprint density at radius 3 is 2.46 bits per heavy atom. The van der Waals surface area contributed by atoms with Crippen LogP contribution >= 0.6 is 0 Å². The maximum Gasteiger partial charge on any atom is 0.191 e. The summed E-state index contributed by atoms with van der Waals surface area (Å²) in [4.78, 5) is 6.93. The molecule has 2 N–H and O–H groups in total. The van der Waals surface area contributed by atoms with Gasteiger partial charge in [0.25, 0.3) is 0 Å². The molecule has 0 aromatic heterocycles. The van der Waals surface area contributed by atoms with Crippen LogP contribution in [0.5, 0.6) is 0 Å². The minimum Gasteiger partial charge on any atom is -0.380 e. The molecule has 2 aromatic rings. The average Bonchev–Trinajstić information content (AvgIpc) is 2.74. The Labute approximate surface area is 168 Å². The van der Waals surface area contributed by atoms with Crippen molar-refractivity contribution in [1.82, 2.24) is 15.5 Å². The molecule has 0 aliphatic carbocycles. The number of nitrogens with zero attached hydrogens (tertiary/aromatic N) is 2. The molecule has 1 saturated heterocycles. The molecule has 0 amide bonds. The number of benzene rings is 2. The van der Waals surface area contributed by atoms with Crippen molar-refractivity contribution in [3.63, 3.8) is 0 Å². The molecule has 0 unspecified atom stereocenters. The van der Waals surface area contributed by atoms with Gasteiger partial charge in [-0.15, -0.1) is 0 Å². The molecule has 0 atom stereocenters. The molecule has 150 valence electrons. The predicted molar refractivity (Wildman–Crippen MR) is 115 cm³/mol. The highest BCUT2D eigenvalue weighted by Gasteiger charge is 2.20. The molecule has 1 aliphatic rings. The maximum atomic E-state index is 5.22. The zero-order chi connectivity index (χ0) is 19.6. The Bertz CT molecular complexity index is 739. The lowest BCUT2D eigenvalue weighted by molar-refractivity contribution is 0.185. The van der Waals surface area contributed by atoms with Gasteiger partial charge in [-0.2, -0.15) is 0 Å². The van der Waals surface area contributed by atoms with Crippen LogP contribution in [0.25, 0.3) is 0 Å². The van der Waals surface area contributed by atoms with Crippen LogP contribution in [0.1, 0.15) is 29.5 Å². The summed E-state index contributed by atoms with van der Waals surface area (Å²) in [6.45, 7) is 4.66. The summed E-state index contributed by atoms with van der Waals surface area (Å²) in [5.74, 6) is 0.874. The van der Waals surface area contributed by atoms with Gasteiger partial charge in [0.15, 0.2) is 5.96 Å². The summed E-state index contributed by atoms with van der Waals surface area (Å²) in [6.07, 6.45) is 2.27. The molecule has 0 saturated carbocycles. The monoisotopic (exact) mass is 380 g/mol. The van der Waals surface area contributed by atoms with Gasteiger partial charge >= 0.3 is 0 Å². The van der Waals surface area contributed by atoms with Crippen molar-refractivity contribution >= 4 is 5.96 Å². The second-order valence-electron chi connectivity index (χ2n) is 7.36. The number of nitrogens with one attached hydrogen (secondary N) is 2. The van der Waals surface area contributed by atoms with E-state index in [9.17, 15) is 0 Å². The molecular formula is C23H32N4O. The third kappa shape index (κ3) is 6.36. The minimum atomic E-state index is 0.470. The second-order valence-corrected chi connectivity index (χ2v) is 7.36. The van der Waals surface area contributed by atoms with Gasteiger partial charge < -0.3 is 15.4 Å². The van der Waals surface area contributed by atoms with Gasteiger partial charge in [-0.25, -0.2) is 0 Å². The second kappa shape index (κ2) is 10.8. The summed E-state index contributed by atoms with van der Waals surface area (Å²) >= 11 is 0. The van der Waals surface area contributed by atoms with Crippen molar-refractivity contribution < 1.29 is 4.74 Å². The van der Waals surface area contributed by atoms with E-state index in [0.717, 1.165) is 45.0 Å². The lowest BCUT2D eigenvalue weighted by Gasteiger charge is -2.33. The normalized spacial score (nSPS) is 16.1. The maximum absolute atomic E-state index is 5.22. The molecular weight excluding hydrogens is 348 g/mol. The van der Waals surface area contributed by atoms with Crippen LogP contribution in [-0.2, 0) is 24.4 Å². The molecule has 0 radical (unpaired) electrons. The Kier molecular flexibility index (Phi) is 7.88. The highest BCUT2D eigenvalue weighted by atomic mass is 16.5. The first-order valence-corrected chi connectivity index (χ1v) is 10.1. The number of hydrogen-bond donors (Lipinski definition) is 2. The summed E-state index contributed by atoms with van der Waals surface area (Å²) in [7, 11) is 3.56. The van der Waals surface area contributed by atoms with E-state index in [1.54, 1.807) is 7.11 Å². The number of hydrogen-bond acceptors (Lipinski definition) is 3. The quantitative estimate of drug-likeness (QED) is 0.572. The van der Waals surface area contributed by atoms with Gasteiger partial charge in [0, 0.05) is 46.4 Å². The number of piperidine rings is 1. The zero-order valence-corrected chi connectivity index (χ0v) is 17.0. The van der Waals surface area contributed by atoms with Crippen LogP contribution in [-0.4, -0.2) is 44.1 Å². The van der Waals surface area contributed by atoms with Crippen LogP contribution in [0.2, 0.25) is 0 Å². The number of rotatable bonds is 7. The Balaban J connectivity index is 1.42. The summed E-state index contributed by atoms with van der Waals surface area (Å²) < 4.78 is 5.22. The first-order valence-electron chi connectivity index (χ1n) is 10.1. The van der Waals surface area contributed by atoms with Crippen LogP contribution in [0.4, 0.5) is 0 Å². The van der Waals surface area contributed by atoms with Crippen LogP contribution in [0.15, 0.2) is 59.6 Å². The number of likely N-dealkylation sites (tertiary alicyclic amines) is 1. The van der Waals surface area contributed by atoms with E-state index in [1.165, 1.54) is 16.7 Å². The van der Waals surface area contributed by atoms with Gasteiger partial charge in [0.05, 0.1) is 6.61 Å². The molecule has 28 heavy (non-hydrogen) atoms. The summed E-state index contributed by atoms with van der Waals surface area (Å²) in [5, 5.41) is 7.03. The molecule has 2 aromatic carbocycles. The number of aliphatic imine (C=N–C) groups is 1. The Morgan fingerprint density at radius 1 is 1.04 bits per heavy atom. The van der Waals surface area contributed by atoms with Gasteiger partial charge in [-0.1, -0.05) is 54.6 Å². The van der Waals surface area contributed by atoms with Crippen LogP contribution in [0.3, 0.4) is 0 Å². The van der Waals surface area contributed by atoms with Crippen LogP contribution < -0.4 is 10.6 Å². The number of methoxy groups -OCH3 is 1. The van der Waals surface area contributed by atoms with E-state index in [1.807, 2.05) is 7.05 Å². The minimum absolute atomic E-state index is 0.470. The van der Waals surface area contributed by atoms with E-state index >= 15 is 0 Å². The first-order chi connectivity index (χ1) is 13.8. The molecule has 5 heteroatoms. The third-order valence-electron chi connectivity index (χ3n) is 5.16. The van der Waals surface area contributed by atoms with Gasteiger partial charge in [0.1, 0.15) is 0 Å². The molecule has 1 fully saturated rings. The molecule has 0 spiro atoms. The summed E-state index contributed by atoms with van der Waals surface area (Å²) in [6, 6.07) is 19.6. The zero-order valence-electron chi connectivity index (χ0n) is 17.0. The fourth-order valence-corrected chi connectivity index (χ4v) is 3.65. The Hall–Kier alpha value is -2.37. The smallest absolute Gasteiger partial charge is 0.191 e. The molecule has 3 rings (SSSR count). The van der Waals surface area contributed by atoms with Gasteiger partial charge in [-0.3, -0.25) is 9.89 Å². The number of guanidine groups is 1. The van der Waals surface area contributed by atoms with E-state index in [4.69, 9.17) is 4.74 Å². The lowest BCUT2D eigenvalue weighted by Crippen LogP contribution is -2.48. The van der Waals surface area contributed by atoms with E-state index in [-0.39, 0.29) is 0 Å². The highest BCUT2D eigenvalue weighted by Crippen LogP contribution is 2.14. The molecule has 1 heterocycles. The lowest BCUT2D eigenvalue weighted by atomic mass is 10.0. The van der Waals surface area contributed by atoms with Gasteiger partial charge in [0.2, 0.25) is 0 Å².